The van der Waals surface area contributed by atoms with Gasteiger partial charge in [-0.25, -0.2) is 0 Å². The third-order valence-electron chi connectivity index (χ3n) is 3.53. The Morgan fingerprint density at radius 2 is 2.23 bits per heavy atom. The molecule has 0 saturated carbocycles. The summed E-state index contributed by atoms with van der Waals surface area (Å²) in [4.78, 5) is 24.7. The number of carboxylic acids is 1. The maximum Gasteiger partial charge on any atom is 0.303 e. The Morgan fingerprint density at radius 1 is 1.36 bits per heavy atom. The van der Waals surface area contributed by atoms with Gasteiger partial charge >= 0.3 is 5.97 Å². The average molecular weight is 321 g/mol. The molecule has 1 aliphatic heterocycles. The number of carbonyl (C=O) groups is 2. The van der Waals surface area contributed by atoms with Crippen molar-refractivity contribution in [2.24, 2.45) is 0 Å². The highest BCUT2D eigenvalue weighted by molar-refractivity contribution is 6.99. The summed E-state index contributed by atoms with van der Waals surface area (Å²) in [5, 5.41) is 13.2. The van der Waals surface area contributed by atoms with Crippen LogP contribution in [0, 0.1) is 0 Å². The van der Waals surface area contributed by atoms with E-state index in [1.165, 1.54) is 6.20 Å². The number of hydrogen-bond donors (Lipinski definition) is 1. The molecule has 116 valence electrons. The van der Waals surface area contributed by atoms with Gasteiger partial charge in [-0.1, -0.05) is 0 Å². The lowest BCUT2D eigenvalue weighted by Gasteiger charge is -2.18. The number of nitrogens with zero attached hydrogens (tertiary/aromatic N) is 5. The van der Waals surface area contributed by atoms with Gasteiger partial charge in [0, 0.05) is 19.5 Å². The summed E-state index contributed by atoms with van der Waals surface area (Å²) in [5.41, 5.74) is 2.04. The molecule has 3 heterocycles. The second kappa shape index (κ2) is 6.22. The fourth-order valence-electron chi connectivity index (χ4n) is 2.47. The van der Waals surface area contributed by atoms with E-state index >= 15 is 0 Å². The summed E-state index contributed by atoms with van der Waals surface area (Å²) in [5.74, 6) is -0.966. The lowest BCUT2D eigenvalue weighted by molar-refractivity contribution is -0.136. The van der Waals surface area contributed by atoms with Gasteiger partial charge in [-0.2, -0.15) is 13.8 Å². The van der Waals surface area contributed by atoms with E-state index in [-0.39, 0.29) is 12.3 Å². The Bertz CT molecular complexity index is 682. The van der Waals surface area contributed by atoms with Gasteiger partial charge in [0.2, 0.25) is 0 Å². The Kier molecular flexibility index (Phi) is 4.14. The summed E-state index contributed by atoms with van der Waals surface area (Å²) >= 11 is 1.02. The van der Waals surface area contributed by atoms with Crippen molar-refractivity contribution in [1.29, 1.82) is 0 Å². The molecule has 8 nitrogen and oxygen atoms in total. The van der Waals surface area contributed by atoms with Crippen LogP contribution in [0.1, 0.15) is 34.7 Å². The topological polar surface area (TPSA) is 101 Å². The molecule has 0 aliphatic carbocycles. The molecule has 0 bridgehead atoms. The van der Waals surface area contributed by atoms with Crippen LogP contribution in [0.3, 0.4) is 0 Å². The fourth-order valence-corrected chi connectivity index (χ4v) is 2.88. The Labute approximate surface area is 130 Å². The van der Waals surface area contributed by atoms with Crippen molar-refractivity contribution >= 4 is 23.6 Å². The Hall–Kier alpha value is -2.29. The van der Waals surface area contributed by atoms with Crippen molar-refractivity contribution in [3.63, 3.8) is 0 Å². The molecular formula is C13H15N5O3S. The quantitative estimate of drug-likeness (QED) is 0.893. The first-order valence-electron chi connectivity index (χ1n) is 6.97. The maximum atomic E-state index is 12.4. The molecule has 22 heavy (non-hydrogen) atoms. The first-order chi connectivity index (χ1) is 10.6. The highest BCUT2D eigenvalue weighted by Crippen LogP contribution is 2.16. The molecule has 1 amide bonds. The molecule has 1 N–H and O–H groups in total. The summed E-state index contributed by atoms with van der Waals surface area (Å²) in [6.07, 6.45) is 2.74. The number of aromatic nitrogens is 4. The monoisotopic (exact) mass is 321 g/mol. The van der Waals surface area contributed by atoms with Gasteiger partial charge in [-0.05, 0) is 12.5 Å². The Morgan fingerprint density at radius 3 is 2.95 bits per heavy atom. The Balaban J connectivity index is 1.74. The number of hydrogen-bond acceptors (Lipinski definition) is 6. The first kappa shape index (κ1) is 14.6. The third-order valence-corrected chi connectivity index (χ3v) is 4.01. The van der Waals surface area contributed by atoms with E-state index in [1.54, 1.807) is 4.90 Å². The summed E-state index contributed by atoms with van der Waals surface area (Å²) in [6, 6.07) is 1.88. The van der Waals surface area contributed by atoms with Crippen molar-refractivity contribution in [3.05, 3.63) is 29.3 Å². The highest BCUT2D eigenvalue weighted by atomic mass is 32.1. The minimum Gasteiger partial charge on any atom is -0.481 e. The maximum absolute atomic E-state index is 12.4. The van der Waals surface area contributed by atoms with Crippen LogP contribution < -0.4 is 0 Å². The highest BCUT2D eigenvalue weighted by Gasteiger charge is 2.23. The van der Waals surface area contributed by atoms with Crippen LogP contribution in [0.5, 0.6) is 0 Å². The number of rotatable bonds is 4. The molecule has 0 unspecified atom stereocenters. The molecular weight excluding hydrogens is 306 g/mol. The smallest absolute Gasteiger partial charge is 0.303 e. The van der Waals surface area contributed by atoms with Gasteiger partial charge in [0.05, 0.1) is 42.3 Å². The molecule has 9 heteroatoms. The van der Waals surface area contributed by atoms with Crippen molar-refractivity contribution in [2.45, 2.75) is 32.4 Å². The van der Waals surface area contributed by atoms with E-state index in [9.17, 15) is 9.59 Å². The number of aryl methyl sites for hydroxylation is 2. The van der Waals surface area contributed by atoms with Gasteiger partial charge in [-0.15, -0.1) is 0 Å². The molecule has 0 fully saturated rings. The van der Waals surface area contributed by atoms with Crippen LogP contribution in [0.15, 0.2) is 12.3 Å². The van der Waals surface area contributed by atoms with Gasteiger partial charge in [0.25, 0.3) is 5.91 Å². The van der Waals surface area contributed by atoms with Gasteiger partial charge < -0.3 is 10.0 Å². The SMILES string of the molecule is O=C(O)CCc1cc2n(n1)CCCN(C(=O)c1cnsn1)C2. The van der Waals surface area contributed by atoms with Gasteiger partial charge in [-0.3, -0.25) is 14.3 Å². The van der Waals surface area contributed by atoms with E-state index in [1.807, 2.05) is 10.7 Å². The second-order valence-corrected chi connectivity index (χ2v) is 5.67. The van der Waals surface area contributed by atoms with E-state index < -0.39 is 5.97 Å². The number of carboxylic acid groups (broad SMARTS) is 1. The standard InChI is InChI=1S/C13H15N5O3S/c19-12(20)3-2-9-6-10-8-17(4-1-5-18(10)15-9)13(21)11-7-14-22-16-11/h6-7H,1-5,8H2,(H,19,20). The fraction of sp³-hybridized carbons (Fsp3) is 0.462. The molecule has 3 rings (SSSR count). The number of fused-ring (bicyclic) bond motifs is 1. The largest absolute Gasteiger partial charge is 0.481 e. The van der Waals surface area contributed by atoms with Crippen molar-refractivity contribution < 1.29 is 14.7 Å². The van der Waals surface area contributed by atoms with Gasteiger partial charge in [0.1, 0.15) is 0 Å². The number of aliphatic carboxylic acids is 1. The molecule has 0 spiro atoms. The van der Waals surface area contributed by atoms with Gasteiger partial charge in [0.15, 0.2) is 5.69 Å². The zero-order valence-electron chi connectivity index (χ0n) is 11.8. The predicted octanol–water partition coefficient (Wildman–Crippen LogP) is 0.798. The van der Waals surface area contributed by atoms with Crippen LogP contribution in [0.4, 0.5) is 0 Å². The molecule has 0 radical (unpaired) electrons. The third kappa shape index (κ3) is 3.14. The molecule has 0 saturated heterocycles. The zero-order chi connectivity index (χ0) is 15.5. The number of amides is 1. The molecule has 1 aliphatic rings. The van der Waals surface area contributed by atoms with E-state index in [0.717, 1.165) is 36.1 Å². The predicted molar refractivity (Wildman–Crippen MR) is 77.5 cm³/mol. The minimum absolute atomic E-state index is 0.0591. The molecule has 0 aromatic carbocycles. The van der Waals surface area contributed by atoms with Crippen molar-refractivity contribution in [3.8, 4) is 0 Å². The van der Waals surface area contributed by atoms with Crippen LogP contribution in [-0.4, -0.2) is 47.0 Å². The van der Waals surface area contributed by atoms with Crippen LogP contribution in [0.2, 0.25) is 0 Å². The second-order valence-electron chi connectivity index (χ2n) is 5.12. The minimum atomic E-state index is -0.837. The summed E-state index contributed by atoms with van der Waals surface area (Å²) in [7, 11) is 0. The van der Waals surface area contributed by atoms with Crippen LogP contribution >= 0.6 is 11.7 Å². The summed E-state index contributed by atoms with van der Waals surface area (Å²) in [6.45, 7) is 1.82. The number of carbonyl (C=O) groups excluding carboxylic acids is 1. The normalized spacial score (nSPS) is 14.5. The summed E-state index contributed by atoms with van der Waals surface area (Å²) < 4.78 is 9.71. The van der Waals surface area contributed by atoms with Crippen molar-refractivity contribution in [2.75, 3.05) is 6.54 Å². The van der Waals surface area contributed by atoms with Crippen molar-refractivity contribution in [1.82, 2.24) is 23.4 Å². The van der Waals surface area contributed by atoms with E-state index in [0.29, 0.717) is 25.2 Å². The average Bonchev–Trinajstić information content (AvgIpc) is 3.10. The van der Waals surface area contributed by atoms with E-state index in [2.05, 4.69) is 13.8 Å². The molecule has 2 aromatic heterocycles. The van der Waals surface area contributed by atoms with Crippen LogP contribution in [0.25, 0.3) is 0 Å². The lowest BCUT2D eigenvalue weighted by atomic mass is 10.2. The lowest BCUT2D eigenvalue weighted by Crippen LogP contribution is -2.30. The van der Waals surface area contributed by atoms with E-state index in [4.69, 9.17) is 5.11 Å². The first-order valence-corrected chi connectivity index (χ1v) is 7.71. The molecule has 0 atom stereocenters. The van der Waals surface area contributed by atoms with Crippen LogP contribution in [-0.2, 0) is 24.3 Å². The molecule has 2 aromatic rings. The zero-order valence-corrected chi connectivity index (χ0v) is 12.6.